The largest absolute Gasteiger partial charge is 0.353 e. The van der Waals surface area contributed by atoms with Crippen LogP contribution in [0.3, 0.4) is 0 Å². The number of amides is 1. The average molecular weight is 268 g/mol. The van der Waals surface area contributed by atoms with Gasteiger partial charge in [-0.3, -0.25) is 4.79 Å². The topological polar surface area (TPSA) is 41.1 Å². The lowest BCUT2D eigenvalue weighted by molar-refractivity contribution is -0.123. The second kappa shape index (κ2) is 7.28. The van der Waals surface area contributed by atoms with Gasteiger partial charge in [-0.1, -0.05) is 40.5 Å². The molecule has 1 amide bonds. The van der Waals surface area contributed by atoms with Crippen LogP contribution in [0.5, 0.6) is 0 Å². The van der Waals surface area contributed by atoms with Crippen LogP contribution in [0.1, 0.15) is 66.7 Å². The Kier molecular flexibility index (Phi) is 6.31. The van der Waals surface area contributed by atoms with Crippen LogP contribution in [0, 0.1) is 11.3 Å². The predicted octanol–water partition coefficient (Wildman–Crippen LogP) is 3.10. The first kappa shape index (κ1) is 16.5. The molecule has 0 aromatic heterocycles. The van der Waals surface area contributed by atoms with Crippen LogP contribution in [0.25, 0.3) is 0 Å². The van der Waals surface area contributed by atoms with Crippen molar-refractivity contribution in [3.63, 3.8) is 0 Å². The van der Waals surface area contributed by atoms with Crippen LogP contribution in [0.2, 0.25) is 0 Å². The Labute approximate surface area is 118 Å². The zero-order chi connectivity index (χ0) is 14.5. The summed E-state index contributed by atoms with van der Waals surface area (Å²) < 4.78 is 0. The van der Waals surface area contributed by atoms with Gasteiger partial charge in [-0.05, 0) is 37.6 Å². The molecule has 112 valence electrons. The number of hydrogen-bond donors (Lipinski definition) is 2. The first-order valence-corrected chi connectivity index (χ1v) is 7.87. The Hall–Kier alpha value is -0.570. The predicted molar refractivity (Wildman–Crippen MR) is 81.1 cm³/mol. The highest BCUT2D eigenvalue weighted by Gasteiger charge is 2.34. The standard InChI is InChI=1S/C16H32N2O/c1-6-17-12(2)11-15(19)18-14-10-8-7-9-13(14)16(3,4)5/h12-14,17H,6-11H2,1-5H3,(H,18,19). The van der Waals surface area contributed by atoms with Crippen molar-refractivity contribution < 1.29 is 4.79 Å². The molecule has 0 heterocycles. The van der Waals surface area contributed by atoms with Gasteiger partial charge in [-0.15, -0.1) is 0 Å². The van der Waals surface area contributed by atoms with Crippen molar-refractivity contribution in [2.45, 2.75) is 78.8 Å². The van der Waals surface area contributed by atoms with Gasteiger partial charge in [0.15, 0.2) is 0 Å². The summed E-state index contributed by atoms with van der Waals surface area (Å²) in [6.07, 6.45) is 5.53. The average Bonchev–Trinajstić information content (AvgIpc) is 2.28. The van der Waals surface area contributed by atoms with E-state index in [2.05, 4.69) is 45.3 Å². The molecule has 1 aliphatic carbocycles. The van der Waals surface area contributed by atoms with Crippen molar-refractivity contribution >= 4 is 5.91 Å². The molecule has 1 aliphatic rings. The number of nitrogens with one attached hydrogen (secondary N) is 2. The van der Waals surface area contributed by atoms with E-state index >= 15 is 0 Å². The molecule has 19 heavy (non-hydrogen) atoms. The summed E-state index contributed by atoms with van der Waals surface area (Å²) in [7, 11) is 0. The second-order valence-corrected chi connectivity index (χ2v) is 7.09. The van der Waals surface area contributed by atoms with Crippen molar-refractivity contribution in [1.29, 1.82) is 0 Å². The molecule has 0 spiro atoms. The SMILES string of the molecule is CCNC(C)CC(=O)NC1CCCCC1C(C)(C)C. The normalized spacial score (nSPS) is 25.9. The minimum Gasteiger partial charge on any atom is -0.353 e. The maximum atomic E-state index is 12.1. The molecule has 3 atom stereocenters. The fourth-order valence-corrected chi connectivity index (χ4v) is 3.30. The van der Waals surface area contributed by atoms with Crippen LogP contribution in [0.4, 0.5) is 0 Å². The highest BCUT2D eigenvalue weighted by atomic mass is 16.1. The van der Waals surface area contributed by atoms with Crippen molar-refractivity contribution in [3.8, 4) is 0 Å². The van der Waals surface area contributed by atoms with Crippen molar-refractivity contribution in [1.82, 2.24) is 10.6 Å². The van der Waals surface area contributed by atoms with E-state index in [1.165, 1.54) is 19.3 Å². The van der Waals surface area contributed by atoms with Gasteiger partial charge in [0.05, 0.1) is 0 Å². The van der Waals surface area contributed by atoms with E-state index in [0.717, 1.165) is 13.0 Å². The Morgan fingerprint density at radius 3 is 2.47 bits per heavy atom. The summed E-state index contributed by atoms with van der Waals surface area (Å²) in [5, 5.41) is 6.58. The van der Waals surface area contributed by atoms with E-state index in [1.54, 1.807) is 0 Å². The second-order valence-electron chi connectivity index (χ2n) is 7.09. The summed E-state index contributed by atoms with van der Waals surface area (Å²) in [6, 6.07) is 0.636. The van der Waals surface area contributed by atoms with E-state index in [4.69, 9.17) is 0 Å². The first-order valence-electron chi connectivity index (χ1n) is 7.87. The molecular weight excluding hydrogens is 236 g/mol. The third kappa shape index (κ3) is 5.52. The van der Waals surface area contributed by atoms with Crippen LogP contribution in [0.15, 0.2) is 0 Å². The van der Waals surface area contributed by atoms with E-state index < -0.39 is 0 Å². The minimum atomic E-state index is 0.203. The van der Waals surface area contributed by atoms with E-state index in [-0.39, 0.29) is 17.4 Å². The molecule has 2 N–H and O–H groups in total. The van der Waals surface area contributed by atoms with Gasteiger partial charge in [0, 0.05) is 18.5 Å². The van der Waals surface area contributed by atoms with Crippen LogP contribution < -0.4 is 10.6 Å². The van der Waals surface area contributed by atoms with Gasteiger partial charge >= 0.3 is 0 Å². The number of rotatable bonds is 5. The molecule has 0 saturated heterocycles. The maximum absolute atomic E-state index is 12.1. The molecule has 0 aromatic rings. The number of hydrogen-bond acceptors (Lipinski definition) is 2. The quantitative estimate of drug-likeness (QED) is 0.804. The monoisotopic (exact) mass is 268 g/mol. The highest BCUT2D eigenvalue weighted by molar-refractivity contribution is 5.76. The van der Waals surface area contributed by atoms with Gasteiger partial charge in [0.1, 0.15) is 0 Å². The Morgan fingerprint density at radius 1 is 1.26 bits per heavy atom. The minimum absolute atomic E-state index is 0.203. The fraction of sp³-hybridized carbons (Fsp3) is 0.938. The maximum Gasteiger partial charge on any atom is 0.221 e. The van der Waals surface area contributed by atoms with Crippen molar-refractivity contribution in [2.24, 2.45) is 11.3 Å². The lowest BCUT2D eigenvalue weighted by Gasteiger charge is -2.41. The fourth-order valence-electron chi connectivity index (χ4n) is 3.30. The highest BCUT2D eigenvalue weighted by Crippen LogP contribution is 2.37. The summed E-state index contributed by atoms with van der Waals surface area (Å²) in [5.41, 5.74) is 0.283. The Balaban J connectivity index is 2.50. The molecule has 0 radical (unpaired) electrons. The number of carbonyl (C=O) groups is 1. The van der Waals surface area contributed by atoms with Crippen LogP contribution in [-0.4, -0.2) is 24.5 Å². The summed E-state index contributed by atoms with van der Waals surface area (Å²) >= 11 is 0. The Morgan fingerprint density at radius 2 is 1.89 bits per heavy atom. The lowest BCUT2D eigenvalue weighted by atomic mass is 9.69. The summed E-state index contributed by atoms with van der Waals surface area (Å²) in [5.74, 6) is 0.814. The molecule has 3 heteroatoms. The van der Waals surface area contributed by atoms with E-state index in [0.29, 0.717) is 18.4 Å². The van der Waals surface area contributed by atoms with Gasteiger partial charge in [-0.25, -0.2) is 0 Å². The van der Waals surface area contributed by atoms with E-state index in [1.807, 2.05) is 0 Å². The van der Waals surface area contributed by atoms with Gasteiger partial charge in [0.25, 0.3) is 0 Å². The summed E-state index contributed by atoms with van der Waals surface area (Å²) in [6.45, 7) is 12.0. The first-order chi connectivity index (χ1) is 8.84. The molecule has 1 fully saturated rings. The third-order valence-corrected chi connectivity index (χ3v) is 4.27. The zero-order valence-electron chi connectivity index (χ0n) is 13.4. The lowest BCUT2D eigenvalue weighted by Crippen LogP contribution is -2.47. The number of carbonyl (C=O) groups excluding carboxylic acids is 1. The van der Waals surface area contributed by atoms with Gasteiger partial charge < -0.3 is 10.6 Å². The molecule has 1 rings (SSSR count). The third-order valence-electron chi connectivity index (χ3n) is 4.27. The molecule has 3 unspecified atom stereocenters. The Bertz CT molecular complexity index is 283. The molecular formula is C16H32N2O. The summed E-state index contributed by atoms with van der Waals surface area (Å²) in [4.78, 5) is 12.1. The van der Waals surface area contributed by atoms with Crippen LogP contribution >= 0.6 is 0 Å². The van der Waals surface area contributed by atoms with Crippen molar-refractivity contribution in [3.05, 3.63) is 0 Å². The molecule has 3 nitrogen and oxygen atoms in total. The van der Waals surface area contributed by atoms with Crippen molar-refractivity contribution in [2.75, 3.05) is 6.54 Å². The van der Waals surface area contributed by atoms with Gasteiger partial charge in [-0.2, -0.15) is 0 Å². The molecule has 0 bridgehead atoms. The smallest absolute Gasteiger partial charge is 0.221 e. The molecule has 0 aliphatic heterocycles. The van der Waals surface area contributed by atoms with Gasteiger partial charge in [0.2, 0.25) is 5.91 Å². The van der Waals surface area contributed by atoms with E-state index in [9.17, 15) is 4.79 Å². The molecule has 0 aromatic carbocycles. The van der Waals surface area contributed by atoms with Crippen LogP contribution in [-0.2, 0) is 4.79 Å². The molecule has 1 saturated carbocycles. The zero-order valence-corrected chi connectivity index (χ0v) is 13.4.